The molecule has 23 heavy (non-hydrogen) atoms. The van der Waals surface area contributed by atoms with Crippen LogP contribution in [0.5, 0.6) is 0 Å². The number of hydrogen-bond donors (Lipinski definition) is 0. The van der Waals surface area contributed by atoms with E-state index in [1.807, 2.05) is 0 Å². The molecule has 0 saturated carbocycles. The van der Waals surface area contributed by atoms with Gasteiger partial charge >= 0.3 is 6.18 Å². The van der Waals surface area contributed by atoms with Gasteiger partial charge in [0, 0.05) is 24.4 Å². The van der Waals surface area contributed by atoms with Crippen LogP contribution in [0.25, 0.3) is 0 Å². The summed E-state index contributed by atoms with van der Waals surface area (Å²) in [7, 11) is 0. The van der Waals surface area contributed by atoms with Gasteiger partial charge in [-0.2, -0.15) is 18.3 Å². The van der Waals surface area contributed by atoms with Crippen molar-refractivity contribution >= 4 is 11.6 Å². The van der Waals surface area contributed by atoms with Crippen molar-refractivity contribution < 1.29 is 18.0 Å². The molecule has 2 heterocycles. The molecule has 0 bridgehead atoms. The number of aromatic nitrogens is 1. The quantitative estimate of drug-likeness (QED) is 0.853. The van der Waals surface area contributed by atoms with Gasteiger partial charge in [-0.1, -0.05) is 30.3 Å². The number of halogens is 3. The van der Waals surface area contributed by atoms with Gasteiger partial charge < -0.3 is 0 Å². The third kappa shape index (κ3) is 3.08. The highest BCUT2D eigenvalue weighted by Gasteiger charge is 2.49. The highest BCUT2D eigenvalue weighted by Crippen LogP contribution is 2.34. The van der Waals surface area contributed by atoms with E-state index in [4.69, 9.17) is 0 Å². The van der Waals surface area contributed by atoms with Gasteiger partial charge in [-0.3, -0.25) is 9.78 Å². The van der Waals surface area contributed by atoms with Gasteiger partial charge in [0.05, 0.1) is 5.71 Å². The van der Waals surface area contributed by atoms with Crippen molar-refractivity contribution in [2.75, 3.05) is 0 Å². The zero-order chi connectivity index (χ0) is 16.4. The van der Waals surface area contributed by atoms with Gasteiger partial charge in [0.15, 0.2) is 6.04 Å². The maximum atomic E-state index is 13.3. The second-order valence-corrected chi connectivity index (χ2v) is 5.06. The van der Waals surface area contributed by atoms with Crippen molar-refractivity contribution in [1.29, 1.82) is 0 Å². The van der Waals surface area contributed by atoms with Crippen LogP contribution in [-0.2, 0) is 0 Å². The summed E-state index contributed by atoms with van der Waals surface area (Å²) in [4.78, 5) is 16.1. The first-order chi connectivity index (χ1) is 11.0. The molecule has 0 aliphatic carbocycles. The van der Waals surface area contributed by atoms with Crippen LogP contribution in [0.15, 0.2) is 60.0 Å². The standard InChI is InChI=1S/C16H12F3N3O/c17-16(18,19)14-10-13(11-4-2-1-3-5-11)21-22(14)15(23)12-6-8-20-9-7-12/h1-9,14H,10H2. The topological polar surface area (TPSA) is 45.6 Å². The molecule has 1 unspecified atom stereocenters. The third-order valence-electron chi connectivity index (χ3n) is 3.53. The molecule has 0 spiro atoms. The molecule has 7 heteroatoms. The van der Waals surface area contributed by atoms with Gasteiger partial charge in [0.25, 0.3) is 5.91 Å². The summed E-state index contributed by atoms with van der Waals surface area (Å²) in [5.74, 6) is -0.791. The minimum atomic E-state index is -4.55. The Hall–Kier alpha value is -2.70. The molecule has 0 N–H and O–H groups in total. The van der Waals surface area contributed by atoms with E-state index in [0.717, 1.165) is 0 Å². The SMILES string of the molecule is O=C(c1ccncc1)N1N=C(c2ccccc2)CC1C(F)(F)F. The van der Waals surface area contributed by atoms with E-state index in [1.54, 1.807) is 30.3 Å². The number of benzene rings is 1. The highest BCUT2D eigenvalue weighted by atomic mass is 19.4. The van der Waals surface area contributed by atoms with Crippen LogP contribution < -0.4 is 0 Å². The summed E-state index contributed by atoms with van der Waals surface area (Å²) < 4.78 is 39.9. The van der Waals surface area contributed by atoms with Crippen LogP contribution in [0.4, 0.5) is 13.2 Å². The van der Waals surface area contributed by atoms with E-state index in [1.165, 1.54) is 24.5 Å². The average Bonchev–Trinajstić information content (AvgIpc) is 3.01. The van der Waals surface area contributed by atoms with E-state index >= 15 is 0 Å². The third-order valence-corrected chi connectivity index (χ3v) is 3.53. The lowest BCUT2D eigenvalue weighted by Gasteiger charge is -2.23. The van der Waals surface area contributed by atoms with Gasteiger partial charge in [0.1, 0.15) is 0 Å². The lowest BCUT2D eigenvalue weighted by atomic mass is 10.0. The minimum Gasteiger partial charge on any atom is -0.267 e. The fourth-order valence-electron chi connectivity index (χ4n) is 2.38. The van der Waals surface area contributed by atoms with Gasteiger partial charge in [-0.05, 0) is 17.7 Å². The molecule has 1 aromatic carbocycles. The zero-order valence-electron chi connectivity index (χ0n) is 11.9. The number of nitrogens with zero attached hydrogens (tertiary/aromatic N) is 3. The maximum absolute atomic E-state index is 13.3. The van der Waals surface area contributed by atoms with Gasteiger partial charge in [0.2, 0.25) is 0 Å². The summed E-state index contributed by atoms with van der Waals surface area (Å²) in [6.45, 7) is 0. The minimum absolute atomic E-state index is 0.118. The molecule has 118 valence electrons. The van der Waals surface area contributed by atoms with Crippen molar-refractivity contribution in [3.05, 3.63) is 66.0 Å². The first-order valence-corrected chi connectivity index (χ1v) is 6.90. The largest absolute Gasteiger partial charge is 0.411 e. The zero-order valence-corrected chi connectivity index (χ0v) is 11.9. The van der Waals surface area contributed by atoms with E-state index in [0.29, 0.717) is 10.6 Å². The lowest BCUT2D eigenvalue weighted by Crippen LogP contribution is -2.43. The van der Waals surface area contributed by atoms with Crippen molar-refractivity contribution in [3.8, 4) is 0 Å². The Kier molecular flexibility index (Phi) is 3.85. The molecule has 1 aliphatic heterocycles. The maximum Gasteiger partial charge on any atom is 0.411 e. The number of pyridine rings is 1. The van der Waals surface area contributed by atoms with Crippen LogP contribution in [0.1, 0.15) is 22.3 Å². The van der Waals surface area contributed by atoms with E-state index in [9.17, 15) is 18.0 Å². The summed E-state index contributed by atoms with van der Waals surface area (Å²) in [6.07, 6.45) is -2.20. The Morgan fingerprint density at radius 3 is 2.35 bits per heavy atom. The molecule has 2 aromatic rings. The summed E-state index contributed by atoms with van der Waals surface area (Å²) in [5, 5.41) is 4.47. The fourth-order valence-corrected chi connectivity index (χ4v) is 2.38. The predicted octanol–water partition coefficient (Wildman–Crippen LogP) is 3.26. The number of carbonyl (C=O) groups excluding carboxylic acids is 1. The molecule has 0 saturated heterocycles. The second-order valence-electron chi connectivity index (χ2n) is 5.06. The molecule has 0 radical (unpaired) electrons. The number of hydrogen-bond acceptors (Lipinski definition) is 3. The Bertz CT molecular complexity index is 729. The smallest absolute Gasteiger partial charge is 0.267 e. The van der Waals surface area contributed by atoms with Crippen molar-refractivity contribution in [1.82, 2.24) is 9.99 Å². The molecule has 1 aliphatic rings. The summed E-state index contributed by atoms with van der Waals surface area (Å²) >= 11 is 0. The first-order valence-electron chi connectivity index (χ1n) is 6.90. The number of hydrazone groups is 1. The van der Waals surface area contributed by atoms with Crippen LogP contribution >= 0.6 is 0 Å². The van der Waals surface area contributed by atoms with Gasteiger partial charge in [-0.25, -0.2) is 5.01 Å². The van der Waals surface area contributed by atoms with Crippen molar-refractivity contribution in [2.45, 2.75) is 18.6 Å². The van der Waals surface area contributed by atoms with Crippen LogP contribution in [0, 0.1) is 0 Å². The van der Waals surface area contributed by atoms with Crippen molar-refractivity contribution in [2.24, 2.45) is 5.10 Å². The van der Waals surface area contributed by atoms with E-state index in [-0.39, 0.29) is 17.7 Å². The lowest BCUT2D eigenvalue weighted by molar-refractivity contribution is -0.171. The van der Waals surface area contributed by atoms with E-state index in [2.05, 4.69) is 10.1 Å². The molecule has 4 nitrogen and oxygen atoms in total. The molecule has 1 atom stereocenters. The summed E-state index contributed by atoms with van der Waals surface area (Å²) in [6, 6.07) is 9.32. The Labute approximate surface area is 130 Å². The molecule has 1 amide bonds. The van der Waals surface area contributed by atoms with Crippen molar-refractivity contribution in [3.63, 3.8) is 0 Å². The molecule has 1 aromatic heterocycles. The van der Waals surface area contributed by atoms with Gasteiger partial charge in [-0.15, -0.1) is 0 Å². The Balaban J connectivity index is 1.97. The fraction of sp³-hybridized carbons (Fsp3) is 0.188. The molecule has 3 rings (SSSR count). The Morgan fingerprint density at radius 1 is 1.09 bits per heavy atom. The van der Waals surface area contributed by atoms with Crippen LogP contribution in [0.2, 0.25) is 0 Å². The number of carbonyl (C=O) groups is 1. The molecular weight excluding hydrogens is 307 g/mol. The molecule has 0 fully saturated rings. The summed E-state index contributed by atoms with van der Waals surface area (Å²) in [5.41, 5.74) is 0.939. The monoisotopic (exact) mass is 319 g/mol. The Morgan fingerprint density at radius 2 is 1.74 bits per heavy atom. The molecular formula is C16H12F3N3O. The predicted molar refractivity (Wildman–Crippen MR) is 77.8 cm³/mol. The first kappa shape index (κ1) is 15.2. The van der Waals surface area contributed by atoms with E-state index < -0.39 is 18.1 Å². The number of amides is 1. The number of rotatable bonds is 2. The second kappa shape index (κ2) is 5.83. The highest BCUT2D eigenvalue weighted by molar-refractivity contribution is 6.04. The normalized spacial score (nSPS) is 18.0. The van der Waals surface area contributed by atoms with Crippen LogP contribution in [0.3, 0.4) is 0 Å². The average molecular weight is 319 g/mol. The van der Waals surface area contributed by atoms with Crippen LogP contribution in [-0.4, -0.2) is 33.8 Å². The number of alkyl halides is 3.